The van der Waals surface area contributed by atoms with Crippen molar-refractivity contribution in [2.75, 3.05) is 39.5 Å². The van der Waals surface area contributed by atoms with Crippen molar-refractivity contribution in [2.24, 2.45) is 11.8 Å². The monoisotopic (exact) mass is 566 g/mol. The van der Waals surface area contributed by atoms with E-state index in [4.69, 9.17) is 14.2 Å². The molecule has 0 aliphatic carbocycles. The minimum atomic E-state index is -0.675. The summed E-state index contributed by atoms with van der Waals surface area (Å²) >= 11 is 0. The molecule has 0 saturated carbocycles. The Kier molecular flexibility index (Phi) is 15.9. The maximum absolute atomic E-state index is 12.5. The van der Waals surface area contributed by atoms with E-state index in [0.717, 1.165) is 6.42 Å². The lowest BCUT2D eigenvalue weighted by molar-refractivity contribution is -0.126. The number of hydrogen-bond acceptors (Lipinski definition) is 7. The Bertz CT molecular complexity index is 922. The molecule has 214 valence electrons. The Hall–Kier alpha value is -1.86. The van der Waals surface area contributed by atoms with Gasteiger partial charge in [0.1, 0.15) is 19.0 Å². The van der Waals surface area contributed by atoms with Crippen LogP contribution in [0.2, 0.25) is 0 Å². The van der Waals surface area contributed by atoms with Crippen LogP contribution in [0.25, 0.3) is 0 Å². The summed E-state index contributed by atoms with van der Waals surface area (Å²) in [6, 6.07) is 7.18. The van der Waals surface area contributed by atoms with Crippen molar-refractivity contribution in [3.05, 3.63) is 29.8 Å². The van der Waals surface area contributed by atoms with Crippen molar-refractivity contribution in [3.63, 3.8) is 0 Å². The highest BCUT2D eigenvalue weighted by Crippen LogP contribution is 2.44. The number of hydrogen-bond donors (Lipinski definition) is 2. The number of benzene rings is 1. The fourth-order valence-electron chi connectivity index (χ4n) is 2.75. The van der Waals surface area contributed by atoms with Gasteiger partial charge in [-0.2, -0.15) is 0 Å². The molecule has 0 spiro atoms. The van der Waals surface area contributed by atoms with Crippen LogP contribution >= 0.6 is 21.6 Å². The van der Waals surface area contributed by atoms with Gasteiger partial charge in [0.25, 0.3) is 5.91 Å². The van der Waals surface area contributed by atoms with E-state index in [9.17, 15) is 9.59 Å². The summed E-state index contributed by atoms with van der Waals surface area (Å²) in [5, 5.41) is 5.67. The van der Waals surface area contributed by atoms with Crippen LogP contribution in [0.3, 0.4) is 0 Å². The second kappa shape index (κ2) is 17.7. The fourth-order valence-corrected chi connectivity index (χ4v) is 4.98. The number of carbonyl (C=O) groups is 2. The van der Waals surface area contributed by atoms with Crippen LogP contribution < -0.4 is 15.4 Å². The first-order chi connectivity index (χ1) is 17.8. The van der Waals surface area contributed by atoms with Crippen LogP contribution in [0, 0.1) is 23.7 Å². The first kappa shape index (κ1) is 34.2. The molecule has 7 nitrogen and oxygen atoms in total. The van der Waals surface area contributed by atoms with Gasteiger partial charge in [-0.25, -0.2) is 0 Å². The van der Waals surface area contributed by atoms with Gasteiger partial charge in [-0.15, -0.1) is 0 Å². The number of carbonyl (C=O) groups excluding carboxylic acids is 2. The first-order valence-electron chi connectivity index (χ1n) is 13.1. The highest BCUT2D eigenvalue weighted by atomic mass is 33.1. The van der Waals surface area contributed by atoms with E-state index in [1.165, 1.54) is 0 Å². The van der Waals surface area contributed by atoms with E-state index < -0.39 is 4.93 Å². The molecule has 1 unspecified atom stereocenters. The standard InChI is InChI=1S/C29H46N2O5S2/c1-22(2)11-10-15-30-26(32)20-34-17-18-36-29(8,38-37-28(5,6)7)21-35-25-13-9-12-24(19-25)27(33)31-16-14-23(3)4/h9,12-13,19,22-23H,14-18,20-21H2,1-8H3,(H,30,32)(H,31,33). The molecule has 0 bridgehead atoms. The van der Waals surface area contributed by atoms with Crippen LogP contribution in [0.4, 0.5) is 0 Å². The molecule has 0 radical (unpaired) electrons. The zero-order valence-electron chi connectivity index (χ0n) is 24.3. The molecule has 0 heterocycles. The van der Waals surface area contributed by atoms with E-state index in [-0.39, 0.29) is 42.3 Å². The third-order valence-electron chi connectivity index (χ3n) is 4.71. The van der Waals surface area contributed by atoms with Gasteiger partial charge in [-0.3, -0.25) is 9.59 Å². The van der Waals surface area contributed by atoms with Gasteiger partial charge >= 0.3 is 0 Å². The lowest BCUT2D eigenvalue weighted by Gasteiger charge is -2.31. The Morgan fingerprint density at radius 1 is 1.03 bits per heavy atom. The molecule has 1 rings (SSSR count). The summed E-state index contributed by atoms with van der Waals surface area (Å²) in [4.78, 5) is 23.7. The summed E-state index contributed by atoms with van der Waals surface area (Å²) < 4.78 is 17.7. The zero-order chi connectivity index (χ0) is 28.6. The molecule has 2 amide bonds. The second-order valence-corrected chi connectivity index (χ2v) is 14.2. The summed E-state index contributed by atoms with van der Waals surface area (Å²) in [5.41, 5.74) is 0.562. The summed E-state index contributed by atoms with van der Waals surface area (Å²) in [5.74, 6) is 7.00. The molecular formula is C29H46N2O5S2. The highest BCUT2D eigenvalue weighted by Gasteiger charge is 2.30. The maximum Gasteiger partial charge on any atom is 0.251 e. The molecule has 1 aromatic carbocycles. The van der Waals surface area contributed by atoms with Crippen LogP contribution in [0.15, 0.2) is 24.3 Å². The fraction of sp³-hybridized carbons (Fsp3) is 0.655. The topological polar surface area (TPSA) is 85.9 Å². The summed E-state index contributed by atoms with van der Waals surface area (Å²) in [6.45, 7) is 18.4. The van der Waals surface area contributed by atoms with Gasteiger partial charge in [0.15, 0.2) is 4.93 Å². The minimum absolute atomic E-state index is 0.0241. The molecule has 0 aliphatic rings. The largest absolute Gasteiger partial charge is 0.490 e. The molecule has 0 aromatic heterocycles. The molecule has 2 N–H and O–H groups in total. The van der Waals surface area contributed by atoms with E-state index in [1.54, 1.807) is 33.7 Å². The van der Waals surface area contributed by atoms with Crippen molar-refractivity contribution in [3.8, 4) is 17.6 Å². The SMILES string of the molecule is CC(C)C#CCNC(=O)COCCOC(C)(COc1cccc(C(=O)NCCC(C)C)c1)SSC(C)(C)C. The van der Waals surface area contributed by atoms with Crippen LogP contribution in [0.5, 0.6) is 5.75 Å². The predicted octanol–water partition coefficient (Wildman–Crippen LogP) is 5.55. The highest BCUT2D eigenvalue weighted by molar-refractivity contribution is 8.77. The Morgan fingerprint density at radius 3 is 2.42 bits per heavy atom. The van der Waals surface area contributed by atoms with Crippen molar-refractivity contribution < 1.29 is 23.8 Å². The Balaban J connectivity index is 2.61. The molecule has 1 aromatic rings. The number of ether oxygens (including phenoxy) is 3. The van der Waals surface area contributed by atoms with Crippen molar-refractivity contribution in [1.29, 1.82) is 0 Å². The molecular weight excluding hydrogens is 520 g/mol. The normalized spacial score (nSPS) is 13.0. The molecule has 0 aliphatic heterocycles. The number of rotatable bonds is 16. The number of nitrogens with one attached hydrogen (secondary N) is 2. The Labute approximate surface area is 237 Å². The van der Waals surface area contributed by atoms with Crippen molar-refractivity contribution in [1.82, 2.24) is 10.6 Å². The van der Waals surface area contributed by atoms with E-state index >= 15 is 0 Å². The average Bonchev–Trinajstić information content (AvgIpc) is 2.83. The van der Waals surface area contributed by atoms with E-state index in [0.29, 0.717) is 36.9 Å². The molecule has 38 heavy (non-hydrogen) atoms. The van der Waals surface area contributed by atoms with Gasteiger partial charge in [0, 0.05) is 22.8 Å². The third kappa shape index (κ3) is 16.9. The summed E-state index contributed by atoms with van der Waals surface area (Å²) in [7, 11) is 3.30. The van der Waals surface area contributed by atoms with Crippen LogP contribution in [0.1, 0.15) is 72.2 Å². The van der Waals surface area contributed by atoms with E-state index in [1.807, 2.05) is 32.9 Å². The molecule has 9 heteroatoms. The quantitative estimate of drug-likeness (QED) is 0.118. The minimum Gasteiger partial charge on any atom is -0.490 e. The maximum atomic E-state index is 12.5. The summed E-state index contributed by atoms with van der Waals surface area (Å²) in [6.07, 6.45) is 0.932. The third-order valence-corrected chi connectivity index (χ3v) is 8.68. The van der Waals surface area contributed by atoms with Crippen LogP contribution in [-0.2, 0) is 14.3 Å². The van der Waals surface area contributed by atoms with Crippen molar-refractivity contribution >= 4 is 33.4 Å². The second-order valence-electron chi connectivity index (χ2n) is 10.8. The van der Waals surface area contributed by atoms with Gasteiger partial charge in [0.05, 0.1) is 19.8 Å². The van der Waals surface area contributed by atoms with Gasteiger partial charge < -0.3 is 24.8 Å². The Morgan fingerprint density at radius 2 is 1.76 bits per heavy atom. The molecule has 0 fully saturated rings. The molecule has 1 atom stereocenters. The number of amides is 2. The van der Waals surface area contributed by atoms with E-state index in [2.05, 4.69) is 57.1 Å². The predicted molar refractivity (Wildman–Crippen MR) is 159 cm³/mol. The lowest BCUT2D eigenvalue weighted by atomic mass is 10.1. The van der Waals surface area contributed by atoms with Gasteiger partial charge in [-0.1, -0.05) is 88.0 Å². The average molecular weight is 567 g/mol. The smallest absolute Gasteiger partial charge is 0.251 e. The molecule has 0 saturated heterocycles. The zero-order valence-corrected chi connectivity index (χ0v) is 25.9. The van der Waals surface area contributed by atoms with Crippen LogP contribution in [-0.4, -0.2) is 61.0 Å². The lowest BCUT2D eigenvalue weighted by Crippen LogP contribution is -2.34. The van der Waals surface area contributed by atoms with Crippen molar-refractivity contribution in [2.45, 2.75) is 71.5 Å². The van der Waals surface area contributed by atoms with Gasteiger partial charge in [-0.05, 0) is 37.5 Å². The first-order valence-corrected chi connectivity index (χ1v) is 15.3. The van der Waals surface area contributed by atoms with Gasteiger partial charge in [0.2, 0.25) is 5.91 Å².